The van der Waals surface area contributed by atoms with Crippen molar-refractivity contribution in [1.29, 1.82) is 0 Å². The van der Waals surface area contributed by atoms with Gasteiger partial charge in [-0.25, -0.2) is 0 Å². The van der Waals surface area contributed by atoms with Crippen LogP contribution in [-0.2, 0) is 4.79 Å². The SMILES string of the molecule is CCCNC(=O)[C@@H]1CCNC1. The molecule has 0 aromatic carbocycles. The molecular formula is C8H16N2O. The van der Waals surface area contributed by atoms with Crippen LogP contribution in [0.3, 0.4) is 0 Å². The number of carbonyl (C=O) groups excluding carboxylic acids is 1. The second-order valence-corrected chi connectivity index (χ2v) is 2.98. The molecule has 1 saturated heterocycles. The van der Waals surface area contributed by atoms with E-state index in [1.54, 1.807) is 0 Å². The third-order valence-corrected chi connectivity index (χ3v) is 1.98. The smallest absolute Gasteiger partial charge is 0.224 e. The quantitative estimate of drug-likeness (QED) is 0.609. The lowest BCUT2D eigenvalue weighted by Crippen LogP contribution is -2.32. The Morgan fingerprint density at radius 1 is 1.73 bits per heavy atom. The Balaban J connectivity index is 2.17. The number of hydrogen-bond acceptors (Lipinski definition) is 2. The first-order chi connectivity index (χ1) is 5.34. The van der Waals surface area contributed by atoms with Crippen molar-refractivity contribution in [1.82, 2.24) is 10.6 Å². The van der Waals surface area contributed by atoms with Crippen molar-refractivity contribution < 1.29 is 4.79 Å². The maximum Gasteiger partial charge on any atom is 0.224 e. The Morgan fingerprint density at radius 3 is 3.09 bits per heavy atom. The van der Waals surface area contributed by atoms with Gasteiger partial charge in [0.2, 0.25) is 5.91 Å². The molecule has 1 fully saturated rings. The van der Waals surface area contributed by atoms with Gasteiger partial charge in [0.1, 0.15) is 0 Å². The Bertz CT molecular complexity index is 130. The molecule has 1 rings (SSSR count). The topological polar surface area (TPSA) is 41.1 Å². The van der Waals surface area contributed by atoms with Crippen LogP contribution in [0.15, 0.2) is 0 Å². The Hall–Kier alpha value is -0.570. The standard InChI is InChI=1S/C8H16N2O/c1-2-4-10-8(11)7-3-5-9-6-7/h7,9H,2-6H2,1H3,(H,10,11)/t7-/m1/s1. The van der Waals surface area contributed by atoms with Crippen LogP contribution in [-0.4, -0.2) is 25.5 Å². The van der Waals surface area contributed by atoms with Gasteiger partial charge < -0.3 is 10.6 Å². The molecule has 3 nitrogen and oxygen atoms in total. The van der Waals surface area contributed by atoms with Crippen molar-refractivity contribution in [2.24, 2.45) is 5.92 Å². The summed E-state index contributed by atoms with van der Waals surface area (Å²) in [5.74, 6) is 0.443. The number of carbonyl (C=O) groups is 1. The highest BCUT2D eigenvalue weighted by molar-refractivity contribution is 5.79. The molecular weight excluding hydrogens is 140 g/mol. The molecule has 0 bridgehead atoms. The van der Waals surface area contributed by atoms with Crippen molar-refractivity contribution in [3.8, 4) is 0 Å². The van der Waals surface area contributed by atoms with Crippen LogP contribution in [0, 0.1) is 5.92 Å². The predicted molar refractivity (Wildman–Crippen MR) is 44.3 cm³/mol. The van der Waals surface area contributed by atoms with Gasteiger partial charge in [0.05, 0.1) is 5.92 Å². The van der Waals surface area contributed by atoms with Gasteiger partial charge >= 0.3 is 0 Å². The van der Waals surface area contributed by atoms with E-state index in [0.29, 0.717) is 0 Å². The average molecular weight is 156 g/mol. The largest absolute Gasteiger partial charge is 0.356 e. The van der Waals surface area contributed by atoms with Gasteiger partial charge in [-0.2, -0.15) is 0 Å². The second kappa shape index (κ2) is 4.34. The van der Waals surface area contributed by atoms with Crippen LogP contribution >= 0.6 is 0 Å². The van der Waals surface area contributed by atoms with Gasteiger partial charge in [-0.05, 0) is 19.4 Å². The van der Waals surface area contributed by atoms with E-state index in [4.69, 9.17) is 0 Å². The maximum atomic E-state index is 11.3. The molecule has 1 atom stereocenters. The molecule has 11 heavy (non-hydrogen) atoms. The normalized spacial score (nSPS) is 23.5. The molecule has 2 N–H and O–H groups in total. The number of rotatable bonds is 3. The Morgan fingerprint density at radius 2 is 2.55 bits per heavy atom. The highest BCUT2D eigenvalue weighted by Gasteiger charge is 2.21. The minimum Gasteiger partial charge on any atom is -0.356 e. The van der Waals surface area contributed by atoms with E-state index in [0.717, 1.165) is 32.5 Å². The summed E-state index contributed by atoms with van der Waals surface area (Å²) in [6.07, 6.45) is 2.02. The zero-order chi connectivity index (χ0) is 8.10. The summed E-state index contributed by atoms with van der Waals surface area (Å²) in [7, 11) is 0. The summed E-state index contributed by atoms with van der Waals surface area (Å²) < 4.78 is 0. The second-order valence-electron chi connectivity index (χ2n) is 2.98. The fourth-order valence-electron chi connectivity index (χ4n) is 1.27. The molecule has 1 aliphatic heterocycles. The number of nitrogens with one attached hydrogen (secondary N) is 2. The summed E-state index contributed by atoms with van der Waals surface area (Å²) in [6, 6.07) is 0. The Labute approximate surface area is 67.5 Å². The summed E-state index contributed by atoms with van der Waals surface area (Å²) >= 11 is 0. The van der Waals surface area contributed by atoms with E-state index >= 15 is 0 Å². The van der Waals surface area contributed by atoms with Crippen molar-refractivity contribution >= 4 is 5.91 Å². The van der Waals surface area contributed by atoms with E-state index in [2.05, 4.69) is 17.6 Å². The summed E-state index contributed by atoms with van der Waals surface area (Å²) in [4.78, 5) is 11.3. The fraction of sp³-hybridized carbons (Fsp3) is 0.875. The van der Waals surface area contributed by atoms with Crippen LogP contribution in [0.2, 0.25) is 0 Å². The lowest BCUT2D eigenvalue weighted by Gasteiger charge is -2.07. The molecule has 1 amide bonds. The molecule has 0 aliphatic carbocycles. The van der Waals surface area contributed by atoms with Gasteiger partial charge in [-0.3, -0.25) is 4.79 Å². The highest BCUT2D eigenvalue weighted by atomic mass is 16.1. The van der Waals surface area contributed by atoms with Gasteiger partial charge in [-0.15, -0.1) is 0 Å². The molecule has 0 unspecified atom stereocenters. The van der Waals surface area contributed by atoms with E-state index < -0.39 is 0 Å². The Kier molecular flexibility index (Phi) is 3.36. The molecule has 1 aliphatic rings. The van der Waals surface area contributed by atoms with Crippen molar-refractivity contribution in [2.45, 2.75) is 19.8 Å². The first kappa shape index (κ1) is 8.53. The van der Waals surface area contributed by atoms with Crippen LogP contribution in [0.1, 0.15) is 19.8 Å². The number of amides is 1. The van der Waals surface area contributed by atoms with E-state index in [9.17, 15) is 4.79 Å². The molecule has 0 spiro atoms. The van der Waals surface area contributed by atoms with Crippen LogP contribution in [0.4, 0.5) is 0 Å². The van der Waals surface area contributed by atoms with Crippen LogP contribution < -0.4 is 10.6 Å². The molecule has 0 saturated carbocycles. The van der Waals surface area contributed by atoms with Crippen molar-refractivity contribution in [3.05, 3.63) is 0 Å². The van der Waals surface area contributed by atoms with Gasteiger partial charge in [0, 0.05) is 13.1 Å². The van der Waals surface area contributed by atoms with Gasteiger partial charge in [-0.1, -0.05) is 6.92 Å². The predicted octanol–water partition coefficient (Wildman–Crippen LogP) is 0.122. The minimum atomic E-state index is 0.219. The van der Waals surface area contributed by atoms with Crippen LogP contribution in [0.5, 0.6) is 0 Å². The third-order valence-electron chi connectivity index (χ3n) is 1.98. The van der Waals surface area contributed by atoms with E-state index in [-0.39, 0.29) is 11.8 Å². The minimum absolute atomic E-state index is 0.219. The number of hydrogen-bond donors (Lipinski definition) is 2. The monoisotopic (exact) mass is 156 g/mol. The fourth-order valence-corrected chi connectivity index (χ4v) is 1.27. The highest BCUT2D eigenvalue weighted by Crippen LogP contribution is 2.06. The molecule has 0 aromatic rings. The summed E-state index contributed by atoms with van der Waals surface area (Å²) in [5, 5.41) is 6.06. The van der Waals surface area contributed by atoms with Gasteiger partial charge in [0.15, 0.2) is 0 Å². The van der Waals surface area contributed by atoms with Crippen molar-refractivity contribution in [2.75, 3.05) is 19.6 Å². The molecule has 3 heteroatoms. The zero-order valence-electron chi connectivity index (χ0n) is 7.02. The lowest BCUT2D eigenvalue weighted by atomic mass is 10.1. The maximum absolute atomic E-state index is 11.3. The summed E-state index contributed by atoms with van der Waals surface area (Å²) in [5.41, 5.74) is 0. The van der Waals surface area contributed by atoms with Crippen LogP contribution in [0.25, 0.3) is 0 Å². The molecule has 0 aromatic heterocycles. The average Bonchev–Trinajstić information content (AvgIpc) is 2.52. The summed E-state index contributed by atoms with van der Waals surface area (Å²) in [6.45, 7) is 4.72. The third kappa shape index (κ3) is 2.50. The van der Waals surface area contributed by atoms with Gasteiger partial charge in [0.25, 0.3) is 0 Å². The van der Waals surface area contributed by atoms with Crippen molar-refractivity contribution in [3.63, 3.8) is 0 Å². The lowest BCUT2D eigenvalue weighted by molar-refractivity contribution is -0.124. The molecule has 1 heterocycles. The van der Waals surface area contributed by atoms with E-state index in [1.807, 2.05) is 0 Å². The first-order valence-electron chi connectivity index (χ1n) is 4.33. The molecule has 0 radical (unpaired) electrons. The first-order valence-corrected chi connectivity index (χ1v) is 4.33. The zero-order valence-corrected chi connectivity index (χ0v) is 7.02. The molecule has 64 valence electrons. The van der Waals surface area contributed by atoms with E-state index in [1.165, 1.54) is 0 Å².